The van der Waals surface area contributed by atoms with Crippen LogP contribution in [0.4, 0.5) is 16.6 Å². The molecule has 0 spiro atoms. The van der Waals surface area contributed by atoms with Gasteiger partial charge >= 0.3 is 0 Å². The third-order valence-electron chi connectivity index (χ3n) is 6.42. The summed E-state index contributed by atoms with van der Waals surface area (Å²) in [6, 6.07) is 5.68. The first-order valence-electron chi connectivity index (χ1n) is 12.0. The van der Waals surface area contributed by atoms with E-state index >= 15 is 0 Å². The molecule has 0 saturated carbocycles. The number of hydrogen-bond acceptors (Lipinski definition) is 11. The first kappa shape index (κ1) is 23.0. The van der Waals surface area contributed by atoms with Gasteiger partial charge in [-0.15, -0.1) is 0 Å². The van der Waals surface area contributed by atoms with E-state index in [0.29, 0.717) is 55.6 Å². The van der Waals surface area contributed by atoms with Crippen molar-refractivity contribution in [2.45, 2.75) is 25.7 Å². The molecule has 6 rings (SSSR count). The third kappa shape index (κ3) is 4.54. The maximum Gasteiger partial charge on any atom is 0.275 e. The lowest BCUT2D eigenvalue weighted by molar-refractivity contribution is -0.113. The largest absolute Gasteiger partial charge is 0.472 e. The molecule has 2 saturated heterocycles. The summed E-state index contributed by atoms with van der Waals surface area (Å²) in [5.41, 5.74) is 3.28. The van der Waals surface area contributed by atoms with Gasteiger partial charge in [0, 0.05) is 43.6 Å². The number of ether oxygens (including phenoxy) is 2. The van der Waals surface area contributed by atoms with Crippen molar-refractivity contribution in [1.82, 2.24) is 20.3 Å². The van der Waals surface area contributed by atoms with Gasteiger partial charge in [-0.1, -0.05) is 11.3 Å². The fourth-order valence-electron chi connectivity index (χ4n) is 4.55. The van der Waals surface area contributed by atoms with E-state index in [9.17, 15) is 9.90 Å². The first-order chi connectivity index (χ1) is 17.5. The molecule has 3 aliphatic rings. The number of aryl methyl sites for hydroxylation is 1. The van der Waals surface area contributed by atoms with Gasteiger partial charge in [-0.3, -0.25) is 9.78 Å². The van der Waals surface area contributed by atoms with Crippen molar-refractivity contribution in [1.29, 1.82) is 0 Å². The molecule has 11 nitrogen and oxygen atoms in total. The van der Waals surface area contributed by atoms with Crippen molar-refractivity contribution < 1.29 is 19.4 Å². The monoisotopic (exact) mass is 509 g/mol. The number of carbonyl (C=O) groups is 1. The van der Waals surface area contributed by atoms with Crippen LogP contribution in [0.2, 0.25) is 0 Å². The average molecular weight is 510 g/mol. The van der Waals surface area contributed by atoms with Gasteiger partial charge < -0.3 is 35.0 Å². The highest BCUT2D eigenvalue weighted by molar-refractivity contribution is 7.22. The third-order valence-corrected chi connectivity index (χ3v) is 7.47. The second kappa shape index (κ2) is 9.52. The van der Waals surface area contributed by atoms with Gasteiger partial charge in [-0.05, 0) is 31.5 Å². The lowest BCUT2D eigenvalue weighted by atomic mass is 10.2. The topological polar surface area (TPSA) is 125 Å². The molecular formula is C24H27N7O4S. The van der Waals surface area contributed by atoms with E-state index in [2.05, 4.69) is 20.5 Å². The van der Waals surface area contributed by atoms with Crippen LogP contribution in [0.5, 0.6) is 0 Å². The molecule has 6 heterocycles. The summed E-state index contributed by atoms with van der Waals surface area (Å²) >= 11 is 1.54. The number of morpholine rings is 1. The number of anilines is 3. The molecular weight excluding hydrogens is 482 g/mol. The molecule has 36 heavy (non-hydrogen) atoms. The summed E-state index contributed by atoms with van der Waals surface area (Å²) in [4.78, 5) is 31.2. The van der Waals surface area contributed by atoms with Gasteiger partial charge in [0.2, 0.25) is 0 Å². The van der Waals surface area contributed by atoms with Crippen LogP contribution in [0.15, 0.2) is 36.4 Å². The van der Waals surface area contributed by atoms with Crippen LogP contribution >= 0.6 is 11.3 Å². The Bertz CT molecular complexity index is 1320. The fourth-order valence-corrected chi connectivity index (χ4v) is 5.55. The van der Waals surface area contributed by atoms with Crippen LogP contribution in [0.3, 0.4) is 0 Å². The first-order valence-corrected chi connectivity index (χ1v) is 12.8. The normalized spacial score (nSPS) is 21.9. The van der Waals surface area contributed by atoms with E-state index in [0.717, 1.165) is 34.2 Å². The fraction of sp³-hybridized carbons (Fsp3) is 0.417. The Balaban J connectivity index is 1.26. The predicted octanol–water partition coefficient (Wildman–Crippen LogP) is 1.90. The van der Waals surface area contributed by atoms with Crippen LogP contribution in [-0.2, 0) is 14.3 Å². The van der Waals surface area contributed by atoms with Crippen LogP contribution in [0.25, 0.3) is 10.3 Å². The molecule has 0 aromatic carbocycles. The Labute approximate surface area is 211 Å². The Morgan fingerprint density at radius 1 is 1.22 bits per heavy atom. The maximum atomic E-state index is 13.2. The van der Waals surface area contributed by atoms with Crippen LogP contribution < -0.4 is 20.4 Å². The Morgan fingerprint density at radius 2 is 2.08 bits per heavy atom. The number of carbonyl (C=O) groups excluding carboxylic acids is 1. The molecule has 0 radical (unpaired) electrons. The average Bonchev–Trinajstić information content (AvgIpc) is 3.63. The number of thiazole rings is 1. The molecule has 3 aromatic rings. The van der Waals surface area contributed by atoms with Crippen LogP contribution in [0, 0.1) is 6.92 Å². The number of rotatable bonds is 5. The standard InChI is InChI=1S/C24H27N7O4S/c1-14-10-15(2-4-25-14)23-27-18(13-35-23)22(33)26-17-11-19-20(28-21(17)31-5-3-16(32)12-31)29-24(36-19)30-6-8-34-9-7-30/h2,4,10-11,13,16,23,27,32H,3,5-9,12H2,1H3,(H,26,33). The number of nitrogens with one attached hydrogen (secondary N) is 2. The van der Waals surface area contributed by atoms with Crippen LogP contribution in [0.1, 0.15) is 23.9 Å². The van der Waals surface area contributed by atoms with Crippen molar-refractivity contribution in [2.24, 2.45) is 0 Å². The van der Waals surface area contributed by atoms with Gasteiger partial charge in [0.1, 0.15) is 12.0 Å². The van der Waals surface area contributed by atoms with E-state index < -0.39 is 12.3 Å². The lowest BCUT2D eigenvalue weighted by Crippen LogP contribution is -2.36. The number of aliphatic hydroxyl groups excluding tert-OH is 1. The number of pyridine rings is 2. The molecule has 1 amide bonds. The highest BCUT2D eigenvalue weighted by Gasteiger charge is 2.28. The number of fused-ring (bicyclic) bond motifs is 1. The zero-order valence-electron chi connectivity index (χ0n) is 19.8. The zero-order chi connectivity index (χ0) is 24.6. The molecule has 188 valence electrons. The molecule has 2 unspecified atom stereocenters. The number of aromatic nitrogens is 3. The lowest BCUT2D eigenvalue weighted by Gasteiger charge is -2.25. The second-order valence-electron chi connectivity index (χ2n) is 9.04. The van der Waals surface area contributed by atoms with E-state index in [-0.39, 0.29) is 5.91 Å². The van der Waals surface area contributed by atoms with Crippen molar-refractivity contribution in [3.05, 3.63) is 47.6 Å². The minimum absolute atomic E-state index is 0.320. The quantitative estimate of drug-likeness (QED) is 0.470. The highest BCUT2D eigenvalue weighted by atomic mass is 32.1. The predicted molar refractivity (Wildman–Crippen MR) is 136 cm³/mol. The summed E-state index contributed by atoms with van der Waals surface area (Å²) in [6.07, 6.45) is 2.91. The summed E-state index contributed by atoms with van der Waals surface area (Å²) in [7, 11) is 0. The SMILES string of the molecule is Cc1cc(C2NC(C(=O)Nc3cc4sc(N5CCOCC5)nc4nc3N3CCC(O)C3)=CO2)ccn1. The van der Waals surface area contributed by atoms with E-state index in [1.165, 1.54) is 6.26 Å². The molecule has 2 fully saturated rings. The molecule has 3 N–H and O–H groups in total. The summed E-state index contributed by atoms with van der Waals surface area (Å²) in [5.74, 6) is 0.274. The van der Waals surface area contributed by atoms with E-state index in [4.69, 9.17) is 19.4 Å². The molecule has 0 aliphatic carbocycles. The Kier molecular flexibility index (Phi) is 6.07. The Hall–Kier alpha value is -3.48. The molecule has 12 heteroatoms. The molecule has 2 atom stereocenters. The minimum atomic E-state index is -0.459. The van der Waals surface area contributed by atoms with Gasteiger partial charge in [0.05, 0.1) is 29.7 Å². The second-order valence-corrected chi connectivity index (χ2v) is 10.1. The number of β-amino-alcohol motifs (C(OH)–C–C–N with tert-alkyl or cyclic N) is 1. The van der Waals surface area contributed by atoms with Gasteiger partial charge in [-0.2, -0.15) is 4.98 Å². The minimum Gasteiger partial charge on any atom is -0.472 e. The van der Waals surface area contributed by atoms with E-state index in [1.807, 2.05) is 30.0 Å². The zero-order valence-corrected chi connectivity index (χ0v) is 20.6. The molecule has 3 aromatic heterocycles. The van der Waals surface area contributed by atoms with Gasteiger partial charge in [0.25, 0.3) is 5.91 Å². The number of hydrogen-bond donors (Lipinski definition) is 3. The molecule has 3 aliphatic heterocycles. The van der Waals surface area contributed by atoms with Gasteiger partial charge in [-0.25, -0.2) is 4.98 Å². The summed E-state index contributed by atoms with van der Waals surface area (Å²) in [5, 5.41) is 17.1. The van der Waals surface area contributed by atoms with Crippen LogP contribution in [-0.4, -0.2) is 71.5 Å². The maximum absolute atomic E-state index is 13.2. The highest BCUT2D eigenvalue weighted by Crippen LogP contribution is 2.36. The van der Waals surface area contributed by atoms with Crippen molar-refractivity contribution >= 4 is 44.2 Å². The number of nitrogens with zero attached hydrogens (tertiary/aromatic N) is 5. The summed E-state index contributed by atoms with van der Waals surface area (Å²) < 4.78 is 12.0. The van der Waals surface area contributed by atoms with Crippen molar-refractivity contribution in [3.8, 4) is 0 Å². The van der Waals surface area contributed by atoms with Crippen molar-refractivity contribution in [2.75, 3.05) is 54.5 Å². The van der Waals surface area contributed by atoms with E-state index in [1.54, 1.807) is 17.5 Å². The van der Waals surface area contributed by atoms with Crippen molar-refractivity contribution in [3.63, 3.8) is 0 Å². The molecule has 0 bridgehead atoms. The summed E-state index contributed by atoms with van der Waals surface area (Å²) in [6.45, 7) is 5.92. The number of aliphatic hydroxyl groups is 1. The number of amides is 1. The van der Waals surface area contributed by atoms with Gasteiger partial charge in [0.15, 0.2) is 22.8 Å². The Morgan fingerprint density at radius 3 is 2.86 bits per heavy atom. The smallest absolute Gasteiger partial charge is 0.275 e.